The normalized spacial score (nSPS) is 13.1. The van der Waals surface area contributed by atoms with Crippen molar-refractivity contribution >= 4 is 38.9 Å². The summed E-state index contributed by atoms with van der Waals surface area (Å²) in [7, 11) is 0. The van der Waals surface area contributed by atoms with E-state index >= 15 is 0 Å². The lowest BCUT2D eigenvalue weighted by atomic mass is 9.12. The van der Waals surface area contributed by atoms with Gasteiger partial charge in [0.05, 0.1) is 62.6 Å². The van der Waals surface area contributed by atoms with Crippen LogP contribution in [0.5, 0.6) is 0 Å². The molecule has 0 amide bonds. The molecule has 0 radical (unpaired) electrons. The third kappa shape index (κ3) is 14.2. The zero-order valence-electron chi connectivity index (χ0n) is 41.0. The molecule has 1 aromatic heterocycles. The molecule has 0 atom stereocenters. The van der Waals surface area contributed by atoms with Crippen LogP contribution in [-0.4, -0.2) is 6.15 Å². The summed E-state index contributed by atoms with van der Waals surface area (Å²) in [6, 6.07) is 24.7. The van der Waals surface area contributed by atoms with Crippen LogP contribution < -0.4 is 26.4 Å². The largest absolute Gasteiger partial charge is 0.416 e. The van der Waals surface area contributed by atoms with Gasteiger partial charge in [0.2, 0.25) is 5.52 Å². The molecule has 2 nitrogen and oxygen atoms in total. The van der Waals surface area contributed by atoms with Crippen molar-refractivity contribution in [2.45, 2.75) is 62.4 Å². The van der Waals surface area contributed by atoms with Crippen molar-refractivity contribution in [1.82, 2.24) is 0 Å². The number of fused-ring (bicyclic) bond motifs is 1. The summed E-state index contributed by atoms with van der Waals surface area (Å²) >= 11 is 0. The van der Waals surface area contributed by atoms with Crippen molar-refractivity contribution in [3.8, 4) is 6.07 Å². The first-order valence-electron chi connectivity index (χ1n) is 23.4. The maximum atomic E-state index is 14.2. The first-order valence-corrected chi connectivity index (χ1v) is 23.4. The quantitative estimate of drug-likeness (QED) is 0.0846. The van der Waals surface area contributed by atoms with Crippen molar-refractivity contribution in [1.29, 1.82) is 5.26 Å². The molecule has 0 saturated carbocycles. The Morgan fingerprint density at radius 2 is 0.627 bits per heavy atom. The number of hydrogen-bond acceptors (Lipinski definition) is 1. The minimum atomic E-state index is -6.13. The average molecular weight is 1200 g/mol. The molecule has 83 heavy (non-hydrogen) atoms. The number of para-hydroxylation sites is 1. The van der Waals surface area contributed by atoms with Gasteiger partial charge in [0.15, 0.2) is 12.2 Å². The second kappa shape index (κ2) is 22.2. The van der Waals surface area contributed by atoms with Gasteiger partial charge in [-0.25, -0.2) is 0 Å². The van der Waals surface area contributed by atoms with E-state index < -0.39 is 195 Å². The van der Waals surface area contributed by atoms with Crippen molar-refractivity contribution < 1.29 is 110 Å². The van der Waals surface area contributed by atoms with E-state index in [0.29, 0.717) is 5.56 Å². The summed E-state index contributed by atoms with van der Waals surface area (Å²) in [6.45, 7) is 0.841. The smallest absolute Gasteiger partial charge is 0.194 e. The van der Waals surface area contributed by atoms with Crippen LogP contribution in [0.15, 0.2) is 164 Å². The van der Waals surface area contributed by atoms with Gasteiger partial charge in [0.25, 0.3) is 0 Å². The van der Waals surface area contributed by atoms with Gasteiger partial charge in [-0.2, -0.15) is 137 Å². The van der Waals surface area contributed by atoms with Crippen molar-refractivity contribution in [3.05, 3.63) is 231 Å². The Hall–Kier alpha value is -8.18. The lowest BCUT2D eigenvalue weighted by molar-refractivity contribution is -0.669. The number of pyridine rings is 1. The predicted molar refractivity (Wildman–Crippen MR) is 254 cm³/mol. The van der Waals surface area contributed by atoms with Gasteiger partial charge in [-0.05, 0) is 54.1 Å². The third-order valence-corrected chi connectivity index (χ3v) is 13.1. The number of nitriles is 1. The molecule has 436 valence electrons. The van der Waals surface area contributed by atoms with Gasteiger partial charge < -0.3 is 0 Å². The second-order valence-corrected chi connectivity index (χ2v) is 18.7. The van der Waals surface area contributed by atoms with Crippen LogP contribution in [0.3, 0.4) is 0 Å². The first kappa shape index (κ1) is 62.4. The lowest BCUT2D eigenvalue weighted by Gasteiger charge is -2.46. The topological polar surface area (TPSA) is 27.7 Å². The second-order valence-electron chi connectivity index (χ2n) is 18.7. The number of hydrogen-bond donors (Lipinski definition) is 0. The van der Waals surface area contributed by atoms with E-state index in [1.807, 2.05) is 24.3 Å². The Kier molecular flexibility index (Phi) is 16.7. The molecule has 0 aliphatic rings. The maximum Gasteiger partial charge on any atom is 0.416 e. The molecule has 0 fully saturated rings. The van der Waals surface area contributed by atoms with E-state index in [0.717, 1.165) is 13.0 Å². The molecule has 0 unspecified atom stereocenters. The number of rotatable bonds is 8. The molecule has 27 heteroatoms. The molecular weight excluding hydrogens is 1170 g/mol. The summed E-state index contributed by atoms with van der Waals surface area (Å²) in [5.41, 5.74) is -24.5. The van der Waals surface area contributed by atoms with Gasteiger partial charge in [-0.1, -0.05) is 103 Å². The molecule has 0 aliphatic carbocycles. The Bertz CT molecular complexity index is 3250. The maximum absolute atomic E-state index is 14.2. The summed E-state index contributed by atoms with van der Waals surface area (Å²) in [4.78, 5) is 0. The Labute approximate surface area is 452 Å². The summed E-state index contributed by atoms with van der Waals surface area (Å²) in [5, 5.41) is 10.2. The van der Waals surface area contributed by atoms with E-state index in [1.54, 1.807) is 0 Å². The molecule has 8 aromatic rings. The predicted octanol–water partition coefficient (Wildman–Crippen LogP) is 15.9. The van der Waals surface area contributed by atoms with Crippen LogP contribution >= 0.6 is 0 Å². The van der Waals surface area contributed by atoms with E-state index in [4.69, 9.17) is 5.26 Å². The zero-order valence-corrected chi connectivity index (χ0v) is 41.0. The fraction of sp³-hybridized carbons (Fsp3) is 0.179. The van der Waals surface area contributed by atoms with Crippen LogP contribution in [0.25, 0.3) is 10.9 Å². The van der Waals surface area contributed by atoms with E-state index in [9.17, 15) is 105 Å². The number of benzene rings is 7. The summed E-state index contributed by atoms with van der Waals surface area (Å²) in [6.07, 6.45) is -54.0. The van der Waals surface area contributed by atoms with Crippen LogP contribution in [0, 0.1) is 11.3 Å². The monoisotopic (exact) mass is 1200 g/mol. The average Bonchev–Trinajstić information content (AvgIpc) is 3.58. The highest BCUT2D eigenvalue weighted by Gasteiger charge is 2.47. The first-order chi connectivity index (χ1) is 38.1. The van der Waals surface area contributed by atoms with Gasteiger partial charge in [0, 0.05) is 23.1 Å². The molecule has 7 aromatic carbocycles. The lowest BCUT2D eigenvalue weighted by Crippen LogP contribution is -2.75. The molecule has 8 rings (SSSR count). The van der Waals surface area contributed by atoms with Crippen molar-refractivity contribution in [2.75, 3.05) is 0 Å². The standard InChI is InChI=1S/C32H12BF24.C24H19N2/c34-25(35,36)13-1-14(26(37,38)39)6-21(5-13)33(22-7-15(27(40,41)42)2-16(8-22)28(43,44)45,23-9-17(29(46,47)48)3-18(10-23)30(49,50)51)24-11-19(31(52,53)54)4-20(12-24)32(55,56)57;25-17-20-12-10-19(11-13-20)16-23-15-14-22-8-4-5-9-24(22)26(23)18-21-6-2-1-3-7-21/h1-12H;1-15H,16,18H2/q-1;+1. The van der Waals surface area contributed by atoms with Gasteiger partial charge in [0.1, 0.15) is 6.15 Å². The molecule has 0 bridgehead atoms. The van der Waals surface area contributed by atoms with Crippen molar-refractivity contribution in [3.63, 3.8) is 0 Å². The van der Waals surface area contributed by atoms with Crippen LogP contribution in [-0.2, 0) is 62.4 Å². The summed E-state index contributed by atoms with van der Waals surface area (Å²) < 4.78 is 343. The summed E-state index contributed by atoms with van der Waals surface area (Å²) in [5.74, 6) is 0. The van der Waals surface area contributed by atoms with Crippen molar-refractivity contribution in [2.24, 2.45) is 0 Å². The molecule has 0 aliphatic heterocycles. The Morgan fingerprint density at radius 1 is 0.325 bits per heavy atom. The van der Waals surface area contributed by atoms with E-state index in [-0.39, 0.29) is 0 Å². The van der Waals surface area contributed by atoms with Gasteiger partial charge >= 0.3 is 49.4 Å². The SMILES string of the molecule is FC(F)(F)c1cc([B-](c2cc(C(F)(F)F)cc(C(F)(F)F)c2)(c2cc(C(F)(F)F)cc(C(F)(F)F)c2)c2cc(C(F)(F)F)cc(C(F)(F)F)c2)cc(C(F)(F)F)c1.N#Cc1ccc(Cc2ccc3ccccc3[n+]2Cc2ccccc2)cc1. The third-order valence-electron chi connectivity index (χ3n) is 13.1. The highest BCUT2D eigenvalue weighted by atomic mass is 19.4. The highest BCUT2D eigenvalue weighted by Crippen LogP contribution is 2.41. The molecule has 0 spiro atoms. The van der Waals surface area contributed by atoms with E-state index in [1.165, 1.54) is 27.7 Å². The molecule has 1 heterocycles. The Balaban J connectivity index is 0.000000313. The van der Waals surface area contributed by atoms with E-state index in [2.05, 4.69) is 77.4 Å². The van der Waals surface area contributed by atoms with Crippen LogP contribution in [0.4, 0.5) is 105 Å². The van der Waals surface area contributed by atoms with Gasteiger partial charge in [-0.15, -0.1) is 0 Å². The zero-order chi connectivity index (χ0) is 61.7. The van der Waals surface area contributed by atoms with Gasteiger partial charge in [-0.3, -0.25) is 0 Å². The fourth-order valence-corrected chi connectivity index (χ4v) is 9.39. The van der Waals surface area contributed by atoms with Crippen LogP contribution in [0.1, 0.15) is 66.9 Å². The molecule has 0 N–H and O–H groups in total. The minimum Gasteiger partial charge on any atom is -0.194 e. The minimum absolute atomic E-state index is 0.691. The number of halogens is 24. The number of aromatic nitrogens is 1. The molecular formula is C56H31BF24N2. The Morgan fingerprint density at radius 3 is 0.928 bits per heavy atom. The molecule has 0 saturated heterocycles. The fourth-order valence-electron chi connectivity index (χ4n) is 9.39. The highest BCUT2D eigenvalue weighted by molar-refractivity contribution is 7.20. The van der Waals surface area contributed by atoms with Crippen LogP contribution in [0.2, 0.25) is 0 Å². The number of nitrogens with zero attached hydrogens (tertiary/aromatic N) is 2. The number of alkyl halides is 24.